The lowest BCUT2D eigenvalue weighted by Crippen LogP contribution is -2.32. The van der Waals surface area contributed by atoms with Gasteiger partial charge in [0, 0.05) is 18.8 Å². The largest absolute Gasteiger partial charge is 0.490 e. The van der Waals surface area contributed by atoms with Gasteiger partial charge in [0.1, 0.15) is 5.82 Å². The van der Waals surface area contributed by atoms with E-state index in [1.807, 2.05) is 0 Å². The molecule has 1 aliphatic rings. The lowest BCUT2D eigenvalue weighted by atomic mass is 9.98. The number of hydrogen-bond donors (Lipinski definition) is 3. The zero-order chi connectivity index (χ0) is 24.8. The number of carboxylic acid groups (broad SMARTS) is 2. The number of nitrogens with one attached hydrogen (secondary N) is 1. The SMILES string of the molecule is CC1CCN(c2ccc(NC(=O)c3ccccc3F)c(C(=O)O)c2)CC1.O=C(O)C(F)(F)F. The third-order valence-corrected chi connectivity index (χ3v) is 4.99. The Kier molecular flexibility index (Phi) is 8.38. The van der Waals surface area contributed by atoms with Crippen molar-refractivity contribution < 1.29 is 42.2 Å². The average molecular weight is 470 g/mol. The molecule has 0 unspecified atom stereocenters. The van der Waals surface area contributed by atoms with Gasteiger partial charge in [-0.3, -0.25) is 4.79 Å². The van der Waals surface area contributed by atoms with Crippen LogP contribution in [0.5, 0.6) is 0 Å². The summed E-state index contributed by atoms with van der Waals surface area (Å²) in [5, 5.41) is 19.2. The Morgan fingerprint density at radius 1 is 1.00 bits per heavy atom. The fraction of sp³-hybridized carbons (Fsp3) is 0.318. The number of carbonyl (C=O) groups excluding carboxylic acids is 1. The van der Waals surface area contributed by atoms with E-state index in [4.69, 9.17) is 9.90 Å². The van der Waals surface area contributed by atoms with Gasteiger partial charge < -0.3 is 20.4 Å². The summed E-state index contributed by atoms with van der Waals surface area (Å²) in [5.74, 6) is -4.55. The van der Waals surface area contributed by atoms with Crippen molar-refractivity contribution in [1.82, 2.24) is 0 Å². The van der Waals surface area contributed by atoms with Crippen molar-refractivity contribution in [3.63, 3.8) is 0 Å². The smallest absolute Gasteiger partial charge is 0.478 e. The number of rotatable bonds is 4. The molecule has 0 radical (unpaired) electrons. The minimum absolute atomic E-state index is 0.00851. The number of anilines is 2. The average Bonchev–Trinajstić information content (AvgIpc) is 2.74. The molecule has 1 heterocycles. The van der Waals surface area contributed by atoms with Crippen molar-refractivity contribution in [2.24, 2.45) is 5.92 Å². The molecule has 3 N–H and O–H groups in total. The second kappa shape index (κ2) is 10.8. The Bertz CT molecular complexity index is 1020. The zero-order valence-corrected chi connectivity index (χ0v) is 17.5. The molecule has 11 heteroatoms. The van der Waals surface area contributed by atoms with Gasteiger partial charge in [-0.15, -0.1) is 0 Å². The first-order valence-corrected chi connectivity index (χ1v) is 9.88. The van der Waals surface area contributed by atoms with Gasteiger partial charge in [-0.2, -0.15) is 13.2 Å². The number of aliphatic carboxylic acids is 1. The molecule has 0 aromatic heterocycles. The Balaban J connectivity index is 0.000000479. The Morgan fingerprint density at radius 2 is 1.58 bits per heavy atom. The van der Waals surface area contributed by atoms with E-state index in [2.05, 4.69) is 17.1 Å². The molecule has 0 spiro atoms. The van der Waals surface area contributed by atoms with E-state index in [-0.39, 0.29) is 16.8 Å². The third-order valence-electron chi connectivity index (χ3n) is 4.99. The quantitative estimate of drug-likeness (QED) is 0.562. The van der Waals surface area contributed by atoms with Crippen LogP contribution >= 0.6 is 0 Å². The lowest BCUT2D eigenvalue weighted by Gasteiger charge is -2.32. The van der Waals surface area contributed by atoms with Crippen LogP contribution in [-0.4, -0.2) is 47.3 Å². The summed E-state index contributed by atoms with van der Waals surface area (Å²) in [5.41, 5.74) is 0.835. The van der Waals surface area contributed by atoms with E-state index in [0.717, 1.165) is 31.6 Å². The molecule has 3 rings (SSSR count). The molecule has 0 bridgehead atoms. The van der Waals surface area contributed by atoms with Crippen LogP contribution in [0.1, 0.15) is 40.5 Å². The van der Waals surface area contributed by atoms with Crippen LogP contribution in [0, 0.1) is 11.7 Å². The van der Waals surface area contributed by atoms with E-state index < -0.39 is 29.8 Å². The monoisotopic (exact) mass is 470 g/mol. The number of alkyl halides is 3. The van der Waals surface area contributed by atoms with Crippen molar-refractivity contribution in [2.45, 2.75) is 25.9 Å². The number of nitrogens with zero attached hydrogens (tertiary/aromatic N) is 1. The van der Waals surface area contributed by atoms with E-state index in [9.17, 15) is 32.3 Å². The summed E-state index contributed by atoms with van der Waals surface area (Å²) in [6.07, 6.45) is -2.96. The molecule has 1 saturated heterocycles. The number of hydrogen-bond acceptors (Lipinski definition) is 4. The lowest BCUT2D eigenvalue weighted by molar-refractivity contribution is -0.192. The molecule has 1 fully saturated rings. The molecule has 7 nitrogen and oxygen atoms in total. The fourth-order valence-corrected chi connectivity index (χ4v) is 3.12. The molecule has 178 valence electrons. The van der Waals surface area contributed by atoms with Gasteiger partial charge in [0.15, 0.2) is 0 Å². The number of aromatic carboxylic acids is 1. The highest BCUT2D eigenvalue weighted by molar-refractivity contribution is 6.08. The Labute approximate surface area is 186 Å². The predicted molar refractivity (Wildman–Crippen MR) is 112 cm³/mol. The van der Waals surface area contributed by atoms with Crippen LogP contribution in [-0.2, 0) is 4.79 Å². The number of halogens is 4. The van der Waals surface area contributed by atoms with Crippen molar-refractivity contribution in [2.75, 3.05) is 23.3 Å². The molecular formula is C22H22F4N2O5. The highest BCUT2D eigenvalue weighted by atomic mass is 19.4. The van der Waals surface area contributed by atoms with E-state index in [1.165, 1.54) is 18.2 Å². The number of amides is 1. The minimum Gasteiger partial charge on any atom is -0.478 e. The van der Waals surface area contributed by atoms with Crippen molar-refractivity contribution in [3.05, 3.63) is 59.4 Å². The maximum Gasteiger partial charge on any atom is 0.490 e. The van der Waals surface area contributed by atoms with Crippen LogP contribution in [0.4, 0.5) is 28.9 Å². The van der Waals surface area contributed by atoms with Gasteiger partial charge in [0.05, 0.1) is 16.8 Å². The number of carbonyl (C=O) groups is 3. The first-order chi connectivity index (χ1) is 15.4. The number of benzene rings is 2. The second-order valence-corrected chi connectivity index (χ2v) is 7.44. The Morgan fingerprint density at radius 3 is 2.09 bits per heavy atom. The van der Waals surface area contributed by atoms with E-state index in [1.54, 1.807) is 24.3 Å². The Hall–Kier alpha value is -3.63. The summed E-state index contributed by atoms with van der Waals surface area (Å²) < 4.78 is 45.5. The van der Waals surface area contributed by atoms with Crippen LogP contribution in [0.25, 0.3) is 0 Å². The first kappa shape index (κ1) is 25.6. The van der Waals surface area contributed by atoms with Crippen molar-refractivity contribution >= 4 is 29.2 Å². The summed E-state index contributed by atoms with van der Waals surface area (Å²) >= 11 is 0. The van der Waals surface area contributed by atoms with E-state index in [0.29, 0.717) is 5.92 Å². The minimum atomic E-state index is -5.08. The highest BCUT2D eigenvalue weighted by Gasteiger charge is 2.38. The molecule has 1 aliphatic heterocycles. The van der Waals surface area contributed by atoms with Crippen LogP contribution in [0.15, 0.2) is 42.5 Å². The highest BCUT2D eigenvalue weighted by Crippen LogP contribution is 2.28. The van der Waals surface area contributed by atoms with Crippen molar-refractivity contribution in [3.8, 4) is 0 Å². The van der Waals surface area contributed by atoms with Crippen molar-refractivity contribution in [1.29, 1.82) is 0 Å². The maximum atomic E-state index is 13.8. The van der Waals surface area contributed by atoms with Gasteiger partial charge in [-0.1, -0.05) is 19.1 Å². The maximum absolute atomic E-state index is 13.8. The zero-order valence-electron chi connectivity index (χ0n) is 17.5. The molecule has 0 aliphatic carbocycles. The third kappa shape index (κ3) is 7.19. The van der Waals surface area contributed by atoms with Crippen LogP contribution in [0.2, 0.25) is 0 Å². The summed E-state index contributed by atoms with van der Waals surface area (Å²) in [7, 11) is 0. The van der Waals surface area contributed by atoms with Gasteiger partial charge in [0.25, 0.3) is 5.91 Å². The topological polar surface area (TPSA) is 107 Å². The molecule has 2 aromatic carbocycles. The number of carboxylic acids is 2. The second-order valence-electron chi connectivity index (χ2n) is 7.44. The molecule has 2 aromatic rings. The molecule has 0 saturated carbocycles. The molecule has 1 amide bonds. The fourth-order valence-electron chi connectivity index (χ4n) is 3.12. The first-order valence-electron chi connectivity index (χ1n) is 9.88. The van der Waals surface area contributed by atoms with Gasteiger partial charge in [-0.05, 0) is 49.1 Å². The van der Waals surface area contributed by atoms with Gasteiger partial charge in [0.2, 0.25) is 0 Å². The number of piperidine rings is 1. The summed E-state index contributed by atoms with van der Waals surface area (Å²) in [6.45, 7) is 3.96. The van der Waals surface area contributed by atoms with Gasteiger partial charge >= 0.3 is 18.1 Å². The molecule has 33 heavy (non-hydrogen) atoms. The van der Waals surface area contributed by atoms with Crippen LogP contribution < -0.4 is 10.2 Å². The predicted octanol–water partition coefficient (Wildman–Crippen LogP) is 4.65. The molecular weight excluding hydrogens is 448 g/mol. The van der Waals surface area contributed by atoms with Gasteiger partial charge in [-0.25, -0.2) is 14.0 Å². The summed E-state index contributed by atoms with van der Waals surface area (Å²) in [4.78, 5) is 35.0. The standard InChI is InChI=1S/C20H21FN2O3.C2HF3O2/c1-13-8-10-23(11-9-13)14-6-7-18(16(12-14)20(25)26)22-19(24)15-4-2-3-5-17(15)21;3-2(4,5)1(6)7/h2-7,12-13H,8-11H2,1H3,(H,22,24)(H,25,26);(H,6,7). The summed E-state index contributed by atoms with van der Waals surface area (Å²) in [6, 6.07) is 10.5. The van der Waals surface area contributed by atoms with E-state index >= 15 is 0 Å². The molecule has 0 atom stereocenters. The normalized spacial score (nSPS) is 14.2. The van der Waals surface area contributed by atoms with Crippen LogP contribution in [0.3, 0.4) is 0 Å².